The molecule has 1 fully saturated rings. The van der Waals surface area contributed by atoms with Crippen molar-refractivity contribution in [3.05, 3.63) is 21.3 Å². The highest BCUT2D eigenvalue weighted by Crippen LogP contribution is 2.40. The summed E-state index contributed by atoms with van der Waals surface area (Å²) in [6.07, 6.45) is 4.73. The van der Waals surface area contributed by atoms with Gasteiger partial charge >= 0.3 is 0 Å². The molecule has 1 aliphatic carbocycles. The summed E-state index contributed by atoms with van der Waals surface area (Å²) in [5, 5.41) is 0. The molecule has 0 N–H and O–H groups in total. The lowest BCUT2D eigenvalue weighted by Gasteiger charge is -2.29. The molecule has 3 heteroatoms. The van der Waals surface area contributed by atoms with Gasteiger partial charge in [0.25, 0.3) is 0 Å². The van der Waals surface area contributed by atoms with Crippen molar-refractivity contribution in [1.29, 1.82) is 0 Å². The molecule has 1 heterocycles. The first-order valence-electron chi connectivity index (χ1n) is 4.52. The molecule has 0 spiro atoms. The molecule has 2 rings (SSSR count). The number of carbonyl (C=O) groups excluding carboxylic acids is 1. The van der Waals surface area contributed by atoms with Crippen LogP contribution in [0, 0.1) is 5.92 Å². The summed E-state index contributed by atoms with van der Waals surface area (Å²) < 4.78 is 0.779. The molecule has 1 saturated carbocycles. The summed E-state index contributed by atoms with van der Waals surface area (Å²) in [7, 11) is 0. The van der Waals surface area contributed by atoms with E-state index in [1.165, 1.54) is 30.6 Å². The lowest BCUT2D eigenvalue weighted by molar-refractivity contribution is -0.110. The first-order valence-corrected chi connectivity index (χ1v) is 5.71. The largest absolute Gasteiger partial charge is 0.303 e. The minimum atomic E-state index is 0.103. The number of aldehydes is 1. The van der Waals surface area contributed by atoms with Gasteiger partial charge < -0.3 is 4.79 Å². The third-order valence-electron chi connectivity index (χ3n) is 2.73. The fourth-order valence-corrected chi connectivity index (χ4v) is 2.93. The Labute approximate surface area is 86.7 Å². The summed E-state index contributed by atoms with van der Waals surface area (Å²) in [5.74, 6) is 0.679. The average molecular weight is 215 g/mol. The third-order valence-corrected chi connectivity index (χ3v) is 4.06. The predicted molar refractivity (Wildman–Crippen MR) is 55.5 cm³/mol. The monoisotopic (exact) mass is 214 g/mol. The zero-order valence-electron chi connectivity index (χ0n) is 7.20. The highest BCUT2D eigenvalue weighted by Gasteiger charge is 2.28. The highest BCUT2D eigenvalue weighted by molar-refractivity contribution is 7.16. The van der Waals surface area contributed by atoms with E-state index in [9.17, 15) is 4.79 Å². The number of carbonyl (C=O) groups is 1. The second kappa shape index (κ2) is 3.81. The van der Waals surface area contributed by atoms with Crippen LogP contribution in [0.5, 0.6) is 0 Å². The summed E-state index contributed by atoms with van der Waals surface area (Å²) in [6.45, 7) is 0. The minimum absolute atomic E-state index is 0.103. The molecule has 0 saturated heterocycles. The van der Waals surface area contributed by atoms with Crippen molar-refractivity contribution in [2.45, 2.75) is 25.2 Å². The average Bonchev–Trinajstić information content (AvgIpc) is 2.43. The van der Waals surface area contributed by atoms with Gasteiger partial charge in [0.2, 0.25) is 0 Å². The normalized spacial score (nSPS) is 19.5. The van der Waals surface area contributed by atoms with Crippen LogP contribution in [0.25, 0.3) is 0 Å². The van der Waals surface area contributed by atoms with E-state index in [2.05, 4.69) is 0 Å². The van der Waals surface area contributed by atoms with E-state index in [-0.39, 0.29) is 5.92 Å². The van der Waals surface area contributed by atoms with Crippen LogP contribution in [0.15, 0.2) is 12.1 Å². The molecular weight excluding hydrogens is 204 g/mol. The summed E-state index contributed by atoms with van der Waals surface area (Å²) >= 11 is 7.36. The standard InChI is InChI=1S/C10H11ClOS/c11-10-5-4-9(13-10)8(6-12)7-2-1-3-7/h4-8H,1-3H2. The van der Waals surface area contributed by atoms with Crippen LogP contribution in [0.2, 0.25) is 4.34 Å². The Morgan fingerprint density at radius 2 is 2.31 bits per heavy atom. The van der Waals surface area contributed by atoms with Crippen molar-refractivity contribution in [3.63, 3.8) is 0 Å². The number of thiophene rings is 1. The summed E-state index contributed by atoms with van der Waals surface area (Å²) in [4.78, 5) is 12.0. The van der Waals surface area contributed by atoms with Gasteiger partial charge in [0.05, 0.1) is 10.3 Å². The number of hydrogen-bond acceptors (Lipinski definition) is 2. The van der Waals surface area contributed by atoms with E-state index < -0.39 is 0 Å². The zero-order valence-corrected chi connectivity index (χ0v) is 8.77. The second-order valence-corrected chi connectivity index (χ2v) is 5.24. The van der Waals surface area contributed by atoms with Crippen molar-refractivity contribution in [1.82, 2.24) is 0 Å². The lowest BCUT2D eigenvalue weighted by Crippen LogP contribution is -2.20. The van der Waals surface area contributed by atoms with E-state index in [1.807, 2.05) is 12.1 Å². The van der Waals surface area contributed by atoms with E-state index >= 15 is 0 Å². The molecule has 0 aliphatic heterocycles. The Hall–Kier alpha value is -0.340. The molecular formula is C10H11ClOS. The maximum Gasteiger partial charge on any atom is 0.128 e. The molecule has 1 aromatic heterocycles. The van der Waals surface area contributed by atoms with Crippen LogP contribution in [0.4, 0.5) is 0 Å². The second-order valence-electron chi connectivity index (χ2n) is 3.49. The van der Waals surface area contributed by atoms with Crippen LogP contribution in [0.1, 0.15) is 30.1 Å². The van der Waals surface area contributed by atoms with Gasteiger partial charge in [-0.15, -0.1) is 11.3 Å². The van der Waals surface area contributed by atoms with Crippen molar-refractivity contribution in [2.24, 2.45) is 5.92 Å². The lowest BCUT2D eigenvalue weighted by atomic mass is 9.76. The fourth-order valence-electron chi connectivity index (χ4n) is 1.72. The van der Waals surface area contributed by atoms with Crippen molar-refractivity contribution < 1.29 is 4.79 Å². The van der Waals surface area contributed by atoms with Crippen LogP contribution in [-0.2, 0) is 4.79 Å². The molecule has 13 heavy (non-hydrogen) atoms. The van der Waals surface area contributed by atoms with Crippen molar-refractivity contribution >= 4 is 29.2 Å². The van der Waals surface area contributed by atoms with Gasteiger partial charge in [-0.1, -0.05) is 18.0 Å². The van der Waals surface area contributed by atoms with Gasteiger partial charge in [0, 0.05) is 4.88 Å². The molecule has 1 atom stereocenters. The maximum atomic E-state index is 10.9. The number of halogens is 1. The van der Waals surface area contributed by atoms with Crippen molar-refractivity contribution in [2.75, 3.05) is 0 Å². The Balaban J connectivity index is 2.15. The van der Waals surface area contributed by atoms with Crippen LogP contribution in [0.3, 0.4) is 0 Å². The zero-order chi connectivity index (χ0) is 9.26. The molecule has 70 valence electrons. The van der Waals surface area contributed by atoms with E-state index in [4.69, 9.17) is 11.6 Å². The fraction of sp³-hybridized carbons (Fsp3) is 0.500. The van der Waals surface area contributed by atoms with Gasteiger partial charge in [0.1, 0.15) is 6.29 Å². The topological polar surface area (TPSA) is 17.1 Å². The molecule has 0 radical (unpaired) electrons. The van der Waals surface area contributed by atoms with Gasteiger partial charge in [-0.05, 0) is 30.9 Å². The van der Waals surface area contributed by atoms with Gasteiger partial charge in [-0.2, -0.15) is 0 Å². The summed E-state index contributed by atoms with van der Waals surface area (Å²) in [5.41, 5.74) is 0. The first kappa shape index (κ1) is 9.22. The highest BCUT2D eigenvalue weighted by atomic mass is 35.5. The molecule has 0 aromatic carbocycles. The Morgan fingerprint density at radius 1 is 1.54 bits per heavy atom. The quantitative estimate of drug-likeness (QED) is 0.705. The SMILES string of the molecule is O=CC(c1ccc(Cl)s1)C1CCC1. The maximum absolute atomic E-state index is 10.9. The minimum Gasteiger partial charge on any atom is -0.303 e. The van der Waals surface area contributed by atoms with E-state index in [0.717, 1.165) is 15.5 Å². The Kier molecular flexibility index (Phi) is 2.70. The van der Waals surface area contributed by atoms with Crippen LogP contribution in [-0.4, -0.2) is 6.29 Å². The van der Waals surface area contributed by atoms with Crippen molar-refractivity contribution in [3.8, 4) is 0 Å². The Bertz CT molecular complexity index is 304. The number of hydrogen-bond donors (Lipinski definition) is 0. The van der Waals surface area contributed by atoms with Gasteiger partial charge in [0.15, 0.2) is 0 Å². The number of rotatable bonds is 3. The smallest absolute Gasteiger partial charge is 0.128 e. The molecule has 1 aromatic rings. The van der Waals surface area contributed by atoms with Gasteiger partial charge in [-0.3, -0.25) is 0 Å². The Morgan fingerprint density at radius 3 is 2.69 bits per heavy atom. The van der Waals surface area contributed by atoms with Gasteiger partial charge in [-0.25, -0.2) is 0 Å². The molecule has 1 nitrogen and oxygen atoms in total. The molecule has 1 aliphatic rings. The predicted octanol–water partition coefficient (Wildman–Crippen LogP) is 3.48. The van der Waals surface area contributed by atoms with E-state index in [1.54, 1.807) is 0 Å². The molecule has 0 amide bonds. The molecule has 1 unspecified atom stereocenters. The van der Waals surface area contributed by atoms with E-state index in [0.29, 0.717) is 5.92 Å². The van der Waals surface area contributed by atoms with Crippen LogP contribution >= 0.6 is 22.9 Å². The summed E-state index contributed by atoms with van der Waals surface area (Å²) in [6, 6.07) is 3.85. The first-order chi connectivity index (χ1) is 6.31. The molecule has 0 bridgehead atoms. The third kappa shape index (κ3) is 1.79. The van der Waals surface area contributed by atoms with Crippen LogP contribution < -0.4 is 0 Å².